The lowest BCUT2D eigenvalue weighted by atomic mass is 10.0. The van der Waals surface area contributed by atoms with Crippen LogP contribution in [-0.2, 0) is 9.53 Å². The van der Waals surface area contributed by atoms with Crippen molar-refractivity contribution in [3.05, 3.63) is 21.9 Å². The van der Waals surface area contributed by atoms with Crippen molar-refractivity contribution in [2.45, 2.75) is 39.8 Å². The Balaban J connectivity index is 2.70. The Hall–Kier alpha value is -0.870. The van der Waals surface area contributed by atoms with Crippen molar-refractivity contribution in [3.63, 3.8) is 0 Å². The second-order valence-electron chi connectivity index (χ2n) is 4.58. The first kappa shape index (κ1) is 14.2. The largest absolute Gasteiger partial charge is 0.468 e. The van der Waals surface area contributed by atoms with E-state index < -0.39 is 0 Å². The van der Waals surface area contributed by atoms with Crippen molar-refractivity contribution in [2.75, 3.05) is 7.11 Å². The minimum absolute atomic E-state index is 0.167. The van der Waals surface area contributed by atoms with Crippen LogP contribution in [0.3, 0.4) is 0 Å². The number of ether oxygens (including phenoxy) is 1. The van der Waals surface area contributed by atoms with Crippen molar-refractivity contribution in [2.24, 2.45) is 5.92 Å². The first-order valence-electron chi connectivity index (χ1n) is 5.86. The molecule has 1 aromatic heterocycles. The molecule has 1 rings (SSSR count). The second kappa shape index (κ2) is 6.17. The Morgan fingerprint density at radius 1 is 1.35 bits per heavy atom. The molecule has 1 heterocycles. The van der Waals surface area contributed by atoms with Crippen LogP contribution < -0.4 is 5.32 Å². The van der Waals surface area contributed by atoms with Gasteiger partial charge in [0.15, 0.2) is 0 Å². The summed E-state index contributed by atoms with van der Waals surface area (Å²) in [4.78, 5) is 14.2. The fourth-order valence-corrected chi connectivity index (χ4v) is 2.59. The van der Waals surface area contributed by atoms with Crippen molar-refractivity contribution in [1.82, 2.24) is 5.32 Å². The van der Waals surface area contributed by atoms with E-state index in [4.69, 9.17) is 4.74 Å². The molecule has 96 valence electrons. The molecule has 1 N–H and O–H groups in total. The molecule has 0 radical (unpaired) electrons. The summed E-state index contributed by atoms with van der Waals surface area (Å²) in [6.45, 7) is 8.19. The first-order chi connectivity index (χ1) is 7.95. The molecule has 0 fully saturated rings. The quantitative estimate of drug-likeness (QED) is 0.822. The molecule has 0 spiro atoms. The van der Waals surface area contributed by atoms with Crippen LogP contribution in [0.4, 0.5) is 0 Å². The molecular weight excluding hydrogens is 234 g/mol. The molecule has 0 aliphatic carbocycles. The lowest BCUT2D eigenvalue weighted by Gasteiger charge is -2.23. The predicted octanol–water partition coefficient (Wildman–Crippen LogP) is 2.90. The van der Waals surface area contributed by atoms with E-state index >= 15 is 0 Å². The fourth-order valence-electron chi connectivity index (χ4n) is 1.70. The van der Waals surface area contributed by atoms with E-state index in [-0.39, 0.29) is 24.0 Å². The molecule has 17 heavy (non-hydrogen) atoms. The maximum Gasteiger partial charge on any atom is 0.323 e. The smallest absolute Gasteiger partial charge is 0.323 e. The Morgan fingerprint density at radius 3 is 2.41 bits per heavy atom. The van der Waals surface area contributed by atoms with E-state index in [1.807, 2.05) is 13.8 Å². The van der Waals surface area contributed by atoms with Crippen LogP contribution in [0.15, 0.2) is 12.1 Å². The minimum atomic E-state index is -0.252. The number of nitrogens with one attached hydrogen (secondary N) is 1. The van der Waals surface area contributed by atoms with Gasteiger partial charge in [0, 0.05) is 15.8 Å². The summed E-state index contributed by atoms with van der Waals surface area (Å²) in [5.74, 6) is 0.0195. The highest BCUT2D eigenvalue weighted by Gasteiger charge is 2.25. The van der Waals surface area contributed by atoms with Crippen LogP contribution in [0.5, 0.6) is 0 Å². The zero-order valence-corrected chi connectivity index (χ0v) is 11.9. The van der Waals surface area contributed by atoms with Crippen molar-refractivity contribution >= 4 is 17.3 Å². The van der Waals surface area contributed by atoms with Gasteiger partial charge in [-0.1, -0.05) is 13.8 Å². The molecule has 0 aliphatic rings. The number of hydrogen-bond donors (Lipinski definition) is 1. The van der Waals surface area contributed by atoms with Gasteiger partial charge in [-0.25, -0.2) is 0 Å². The van der Waals surface area contributed by atoms with E-state index in [0.29, 0.717) is 0 Å². The molecular formula is C13H21NO2S. The van der Waals surface area contributed by atoms with E-state index in [9.17, 15) is 4.79 Å². The number of aryl methyl sites for hydroxylation is 1. The van der Waals surface area contributed by atoms with Crippen molar-refractivity contribution in [3.8, 4) is 0 Å². The third-order valence-corrected chi connectivity index (χ3v) is 3.92. The number of methoxy groups -OCH3 is 1. The molecule has 0 saturated carbocycles. The van der Waals surface area contributed by atoms with Gasteiger partial charge in [-0.15, -0.1) is 11.3 Å². The number of thiophene rings is 1. The monoisotopic (exact) mass is 255 g/mol. The molecule has 0 bridgehead atoms. The molecule has 0 saturated heterocycles. The summed E-state index contributed by atoms with van der Waals surface area (Å²) in [6.07, 6.45) is 0. The second-order valence-corrected chi connectivity index (χ2v) is 5.90. The van der Waals surface area contributed by atoms with Crippen molar-refractivity contribution < 1.29 is 9.53 Å². The fraction of sp³-hybridized carbons (Fsp3) is 0.615. The number of carbonyl (C=O) groups is 1. The summed E-state index contributed by atoms with van der Waals surface area (Å²) >= 11 is 1.75. The zero-order valence-electron chi connectivity index (χ0n) is 11.1. The average Bonchev–Trinajstić information content (AvgIpc) is 2.71. The summed E-state index contributed by atoms with van der Waals surface area (Å²) in [5.41, 5.74) is 0. The van der Waals surface area contributed by atoms with Crippen LogP contribution in [-0.4, -0.2) is 19.1 Å². The minimum Gasteiger partial charge on any atom is -0.468 e. The van der Waals surface area contributed by atoms with Crippen LogP contribution in [0, 0.1) is 12.8 Å². The first-order valence-corrected chi connectivity index (χ1v) is 6.67. The van der Waals surface area contributed by atoms with Gasteiger partial charge < -0.3 is 4.74 Å². The Labute approximate surface area is 107 Å². The highest BCUT2D eigenvalue weighted by Crippen LogP contribution is 2.23. The van der Waals surface area contributed by atoms with Crippen LogP contribution in [0.2, 0.25) is 0 Å². The van der Waals surface area contributed by atoms with Gasteiger partial charge in [0.2, 0.25) is 0 Å². The molecule has 1 unspecified atom stereocenters. The normalized spacial score (nSPS) is 14.7. The number of rotatable bonds is 5. The van der Waals surface area contributed by atoms with Crippen LogP contribution in [0.1, 0.15) is 36.6 Å². The Morgan fingerprint density at radius 2 is 2.00 bits per heavy atom. The third kappa shape index (κ3) is 3.82. The van der Waals surface area contributed by atoms with E-state index in [2.05, 4.69) is 31.3 Å². The van der Waals surface area contributed by atoms with E-state index in [1.54, 1.807) is 11.3 Å². The number of hydrogen-bond acceptors (Lipinski definition) is 4. The Bertz CT molecular complexity index is 373. The number of carbonyl (C=O) groups excluding carboxylic acids is 1. The predicted molar refractivity (Wildman–Crippen MR) is 71.2 cm³/mol. The van der Waals surface area contributed by atoms with Crippen LogP contribution >= 0.6 is 11.3 Å². The molecule has 2 atom stereocenters. The van der Waals surface area contributed by atoms with Crippen molar-refractivity contribution in [1.29, 1.82) is 0 Å². The third-order valence-electron chi connectivity index (χ3n) is 2.74. The van der Waals surface area contributed by atoms with E-state index in [0.717, 1.165) is 0 Å². The standard InChI is InChI=1S/C13H21NO2S/c1-8(2)12(13(15)16-5)14-10(4)11-7-6-9(3)17-11/h6-8,10,12,14H,1-5H3/t10?,12-/m0/s1. The SMILES string of the molecule is COC(=O)[C@@H](NC(C)c1ccc(C)s1)C(C)C. The van der Waals surface area contributed by atoms with Gasteiger partial charge in [-0.2, -0.15) is 0 Å². The molecule has 3 nitrogen and oxygen atoms in total. The summed E-state index contributed by atoms with van der Waals surface area (Å²) in [6, 6.07) is 4.12. The molecule has 1 aromatic rings. The number of esters is 1. The maximum absolute atomic E-state index is 11.6. The van der Waals surface area contributed by atoms with E-state index in [1.165, 1.54) is 16.9 Å². The van der Waals surface area contributed by atoms with Gasteiger partial charge >= 0.3 is 5.97 Å². The molecule has 0 aromatic carbocycles. The van der Waals surface area contributed by atoms with Gasteiger partial charge in [0.1, 0.15) is 6.04 Å². The maximum atomic E-state index is 11.6. The van der Waals surface area contributed by atoms with Gasteiger partial charge in [-0.05, 0) is 31.9 Å². The lowest BCUT2D eigenvalue weighted by Crippen LogP contribution is -2.42. The zero-order chi connectivity index (χ0) is 13.0. The lowest BCUT2D eigenvalue weighted by molar-refractivity contribution is -0.144. The summed E-state index contributed by atoms with van der Waals surface area (Å²) in [7, 11) is 1.43. The molecule has 0 aliphatic heterocycles. The summed E-state index contributed by atoms with van der Waals surface area (Å²) in [5, 5.41) is 3.33. The van der Waals surface area contributed by atoms with Crippen LogP contribution in [0.25, 0.3) is 0 Å². The van der Waals surface area contributed by atoms with Gasteiger partial charge in [0.05, 0.1) is 7.11 Å². The topological polar surface area (TPSA) is 38.3 Å². The van der Waals surface area contributed by atoms with Gasteiger partial charge in [0.25, 0.3) is 0 Å². The highest BCUT2D eigenvalue weighted by atomic mass is 32.1. The Kier molecular flexibility index (Phi) is 5.15. The van der Waals surface area contributed by atoms with Gasteiger partial charge in [-0.3, -0.25) is 10.1 Å². The highest BCUT2D eigenvalue weighted by molar-refractivity contribution is 7.12. The summed E-state index contributed by atoms with van der Waals surface area (Å²) < 4.78 is 4.82. The molecule has 4 heteroatoms. The average molecular weight is 255 g/mol. The molecule has 0 amide bonds.